The van der Waals surface area contributed by atoms with Crippen LogP contribution < -0.4 is 0 Å². The van der Waals surface area contributed by atoms with E-state index >= 15 is 0 Å². The molecule has 6 nitrogen and oxygen atoms in total. The van der Waals surface area contributed by atoms with Crippen molar-refractivity contribution in [2.75, 3.05) is 13.2 Å². The van der Waals surface area contributed by atoms with Gasteiger partial charge in [0.2, 0.25) is 5.89 Å². The van der Waals surface area contributed by atoms with Crippen LogP contribution in [0.3, 0.4) is 0 Å². The highest BCUT2D eigenvalue weighted by atomic mass is 16.5. The van der Waals surface area contributed by atoms with Gasteiger partial charge in [-0.1, -0.05) is 12.8 Å². The lowest BCUT2D eigenvalue weighted by atomic mass is 9.90. The van der Waals surface area contributed by atoms with E-state index in [4.69, 9.17) is 13.6 Å². The monoisotopic (exact) mass is 289 g/mol. The standard InChI is InChI=1S/C15H19N3O3/c1-2-5-12-11(4-1)18(7-9-20-12)10-14-16-17-15(21-14)13-6-3-8-19-13/h3,6,8,11-12H,1-2,4-5,7,9-10H2/t11-,12+/m1/s1. The Balaban J connectivity index is 1.47. The zero-order chi connectivity index (χ0) is 14.1. The van der Waals surface area contributed by atoms with Crippen molar-refractivity contribution in [3.8, 4) is 11.7 Å². The molecule has 0 aromatic carbocycles. The van der Waals surface area contributed by atoms with Gasteiger partial charge in [-0.25, -0.2) is 0 Å². The molecule has 0 unspecified atom stereocenters. The highest BCUT2D eigenvalue weighted by molar-refractivity contribution is 5.42. The number of aromatic nitrogens is 2. The molecule has 4 rings (SSSR count). The van der Waals surface area contributed by atoms with Gasteiger partial charge in [-0.3, -0.25) is 4.90 Å². The molecule has 112 valence electrons. The molecule has 1 saturated heterocycles. The number of ether oxygens (including phenoxy) is 1. The zero-order valence-corrected chi connectivity index (χ0v) is 11.9. The maximum absolute atomic E-state index is 5.89. The Morgan fingerprint density at radius 2 is 2.19 bits per heavy atom. The van der Waals surface area contributed by atoms with Gasteiger partial charge in [0.15, 0.2) is 5.76 Å². The quantitative estimate of drug-likeness (QED) is 0.865. The molecule has 1 aliphatic carbocycles. The van der Waals surface area contributed by atoms with Crippen LogP contribution in [0, 0.1) is 0 Å². The van der Waals surface area contributed by atoms with Crippen molar-refractivity contribution in [2.24, 2.45) is 0 Å². The van der Waals surface area contributed by atoms with E-state index in [1.54, 1.807) is 6.26 Å². The van der Waals surface area contributed by atoms with Gasteiger partial charge in [0.25, 0.3) is 5.89 Å². The summed E-state index contributed by atoms with van der Waals surface area (Å²) in [6.45, 7) is 2.41. The lowest BCUT2D eigenvalue weighted by molar-refractivity contribution is -0.0930. The summed E-state index contributed by atoms with van der Waals surface area (Å²) in [5, 5.41) is 8.20. The van der Waals surface area contributed by atoms with E-state index in [1.807, 2.05) is 12.1 Å². The normalized spacial score (nSPS) is 26.7. The minimum Gasteiger partial charge on any atom is -0.459 e. The molecule has 1 saturated carbocycles. The fraction of sp³-hybridized carbons (Fsp3) is 0.600. The number of furan rings is 1. The molecule has 1 aliphatic heterocycles. The van der Waals surface area contributed by atoms with E-state index in [0.29, 0.717) is 36.2 Å². The highest BCUT2D eigenvalue weighted by Crippen LogP contribution is 2.29. The van der Waals surface area contributed by atoms with Crippen LogP contribution >= 0.6 is 0 Å². The average Bonchev–Trinajstić information content (AvgIpc) is 3.18. The van der Waals surface area contributed by atoms with Crippen molar-refractivity contribution in [3.63, 3.8) is 0 Å². The SMILES string of the molecule is c1coc(-c2nnc(CN3CCO[C@H]4CCCC[C@H]43)o2)c1. The lowest BCUT2D eigenvalue weighted by Gasteiger charge is -2.43. The first-order chi connectivity index (χ1) is 10.4. The number of rotatable bonds is 3. The van der Waals surface area contributed by atoms with Crippen LogP contribution in [-0.4, -0.2) is 40.4 Å². The molecular formula is C15H19N3O3. The van der Waals surface area contributed by atoms with Crippen molar-refractivity contribution < 1.29 is 13.6 Å². The number of fused-ring (bicyclic) bond motifs is 1. The second-order valence-corrected chi connectivity index (χ2v) is 5.71. The molecule has 2 aromatic rings. The second kappa shape index (κ2) is 5.61. The van der Waals surface area contributed by atoms with Gasteiger partial charge in [-0.15, -0.1) is 10.2 Å². The minimum atomic E-state index is 0.375. The summed E-state index contributed by atoms with van der Waals surface area (Å²) in [7, 11) is 0. The summed E-state index contributed by atoms with van der Waals surface area (Å²) in [6, 6.07) is 4.13. The molecular weight excluding hydrogens is 270 g/mol. The van der Waals surface area contributed by atoms with Gasteiger partial charge in [0.1, 0.15) is 0 Å². The Hall–Kier alpha value is -1.66. The number of hydrogen-bond donors (Lipinski definition) is 0. The maximum Gasteiger partial charge on any atom is 0.283 e. The van der Waals surface area contributed by atoms with Crippen LogP contribution in [0.2, 0.25) is 0 Å². The highest BCUT2D eigenvalue weighted by Gasteiger charge is 2.34. The summed E-state index contributed by atoms with van der Waals surface area (Å²) >= 11 is 0. The second-order valence-electron chi connectivity index (χ2n) is 5.71. The van der Waals surface area contributed by atoms with Crippen LogP contribution in [0.15, 0.2) is 27.2 Å². The maximum atomic E-state index is 5.89. The number of morpholine rings is 1. The van der Waals surface area contributed by atoms with E-state index in [2.05, 4.69) is 15.1 Å². The molecule has 0 bridgehead atoms. The summed E-state index contributed by atoms with van der Waals surface area (Å²) in [4.78, 5) is 2.42. The molecule has 2 aliphatic rings. The van der Waals surface area contributed by atoms with Gasteiger partial charge < -0.3 is 13.6 Å². The Morgan fingerprint density at radius 3 is 3.10 bits per heavy atom. The smallest absolute Gasteiger partial charge is 0.283 e. The molecule has 0 N–H and O–H groups in total. The van der Waals surface area contributed by atoms with Gasteiger partial charge in [-0.2, -0.15) is 0 Å². The van der Waals surface area contributed by atoms with Gasteiger partial charge in [-0.05, 0) is 25.0 Å². The van der Waals surface area contributed by atoms with E-state index in [0.717, 1.165) is 13.2 Å². The van der Waals surface area contributed by atoms with Crippen molar-refractivity contribution in [3.05, 3.63) is 24.3 Å². The third-order valence-corrected chi connectivity index (χ3v) is 4.38. The number of nitrogens with zero attached hydrogens (tertiary/aromatic N) is 3. The Bertz CT molecular complexity index is 579. The fourth-order valence-electron chi connectivity index (χ4n) is 3.36. The van der Waals surface area contributed by atoms with Crippen LogP contribution in [0.1, 0.15) is 31.6 Å². The molecule has 0 spiro atoms. The van der Waals surface area contributed by atoms with Crippen LogP contribution in [0.5, 0.6) is 0 Å². The average molecular weight is 289 g/mol. The summed E-state index contributed by atoms with van der Waals surface area (Å²) in [5.41, 5.74) is 0. The lowest BCUT2D eigenvalue weighted by Crippen LogP contribution is -2.52. The molecule has 6 heteroatoms. The predicted octanol–water partition coefficient (Wildman–Crippen LogP) is 2.47. The van der Waals surface area contributed by atoms with Crippen molar-refractivity contribution >= 4 is 0 Å². The van der Waals surface area contributed by atoms with Gasteiger partial charge in [0, 0.05) is 12.6 Å². The molecule has 21 heavy (non-hydrogen) atoms. The number of hydrogen-bond acceptors (Lipinski definition) is 6. The molecule has 2 fully saturated rings. The van der Waals surface area contributed by atoms with Crippen molar-refractivity contribution in [1.29, 1.82) is 0 Å². The Labute approximate surface area is 123 Å². The summed E-state index contributed by atoms with van der Waals surface area (Å²) in [5.74, 6) is 1.71. The van der Waals surface area contributed by atoms with Crippen LogP contribution in [0.25, 0.3) is 11.7 Å². The predicted molar refractivity (Wildman–Crippen MR) is 74.4 cm³/mol. The largest absolute Gasteiger partial charge is 0.459 e. The Morgan fingerprint density at radius 1 is 1.24 bits per heavy atom. The molecule has 2 aromatic heterocycles. The fourth-order valence-corrected chi connectivity index (χ4v) is 3.36. The van der Waals surface area contributed by atoms with Crippen molar-refractivity contribution in [1.82, 2.24) is 15.1 Å². The zero-order valence-electron chi connectivity index (χ0n) is 11.9. The molecule has 2 atom stereocenters. The van der Waals surface area contributed by atoms with E-state index < -0.39 is 0 Å². The van der Waals surface area contributed by atoms with Crippen LogP contribution in [-0.2, 0) is 11.3 Å². The minimum absolute atomic E-state index is 0.375. The first kappa shape index (κ1) is 13.0. The first-order valence-electron chi connectivity index (χ1n) is 7.62. The summed E-state index contributed by atoms with van der Waals surface area (Å²) < 4.78 is 16.9. The Kier molecular flexibility index (Phi) is 3.48. The molecule has 3 heterocycles. The van der Waals surface area contributed by atoms with Gasteiger partial charge in [0.05, 0.1) is 25.5 Å². The third kappa shape index (κ3) is 2.61. The molecule has 0 radical (unpaired) electrons. The van der Waals surface area contributed by atoms with Crippen LogP contribution in [0.4, 0.5) is 0 Å². The van der Waals surface area contributed by atoms with Gasteiger partial charge >= 0.3 is 0 Å². The third-order valence-electron chi connectivity index (χ3n) is 4.38. The van der Waals surface area contributed by atoms with Crippen molar-refractivity contribution in [2.45, 2.75) is 44.4 Å². The molecule has 0 amide bonds. The topological polar surface area (TPSA) is 64.5 Å². The summed E-state index contributed by atoms with van der Waals surface area (Å²) in [6.07, 6.45) is 6.90. The first-order valence-corrected chi connectivity index (χ1v) is 7.62. The van der Waals surface area contributed by atoms with E-state index in [-0.39, 0.29) is 0 Å². The van der Waals surface area contributed by atoms with E-state index in [1.165, 1.54) is 25.7 Å². The van der Waals surface area contributed by atoms with E-state index in [9.17, 15) is 0 Å².